The molecule has 1 heterocycles. The number of epoxide rings is 1. The van der Waals surface area contributed by atoms with E-state index in [4.69, 9.17) is 4.74 Å². The number of thioether (sulfide) groups is 1. The Morgan fingerprint density at radius 3 is 2.00 bits per heavy atom. The molecule has 2 aromatic carbocycles. The van der Waals surface area contributed by atoms with Gasteiger partial charge in [-0.05, 0) is 31.5 Å². The Bertz CT molecular complexity index is 564. The predicted octanol–water partition coefficient (Wildman–Crippen LogP) is 4.57. The molecule has 0 N–H and O–H groups in total. The van der Waals surface area contributed by atoms with Crippen LogP contribution in [-0.2, 0) is 11.2 Å². The van der Waals surface area contributed by atoms with Gasteiger partial charge in [0, 0.05) is 17.1 Å². The van der Waals surface area contributed by atoms with Crippen molar-refractivity contribution in [1.82, 2.24) is 0 Å². The summed E-state index contributed by atoms with van der Waals surface area (Å²) in [7, 11) is 0. The Hall–Kier alpha value is -1.25. The van der Waals surface area contributed by atoms with Gasteiger partial charge in [-0.25, -0.2) is 0 Å². The minimum absolute atomic E-state index is 0.0232. The smallest absolute Gasteiger partial charge is 0.111 e. The average molecular weight is 284 g/mol. The molecular weight excluding hydrogens is 264 g/mol. The van der Waals surface area contributed by atoms with Crippen molar-refractivity contribution in [3.8, 4) is 0 Å². The Morgan fingerprint density at radius 2 is 1.45 bits per heavy atom. The summed E-state index contributed by atoms with van der Waals surface area (Å²) in [5.74, 6) is 0.999. The van der Waals surface area contributed by atoms with Crippen LogP contribution in [0.2, 0.25) is 0 Å². The van der Waals surface area contributed by atoms with E-state index in [1.54, 1.807) is 0 Å². The maximum atomic E-state index is 6.10. The van der Waals surface area contributed by atoms with Crippen LogP contribution in [0.5, 0.6) is 0 Å². The molecule has 1 aliphatic rings. The van der Waals surface area contributed by atoms with Gasteiger partial charge in [-0.1, -0.05) is 48.5 Å². The predicted molar refractivity (Wildman–Crippen MR) is 85.2 cm³/mol. The molecular formula is C18H20OS. The van der Waals surface area contributed by atoms with Crippen LogP contribution in [0, 0.1) is 0 Å². The van der Waals surface area contributed by atoms with Crippen LogP contribution in [0.25, 0.3) is 0 Å². The van der Waals surface area contributed by atoms with Crippen molar-refractivity contribution >= 4 is 11.8 Å². The minimum Gasteiger partial charge on any atom is -0.362 e. The van der Waals surface area contributed by atoms with Crippen molar-refractivity contribution in [2.45, 2.75) is 36.4 Å². The van der Waals surface area contributed by atoms with Gasteiger partial charge in [0.25, 0.3) is 0 Å². The highest BCUT2D eigenvalue weighted by atomic mass is 32.2. The summed E-state index contributed by atoms with van der Waals surface area (Å²) in [6.45, 7) is 4.39. The molecule has 0 spiro atoms. The van der Waals surface area contributed by atoms with Crippen LogP contribution in [0.3, 0.4) is 0 Å². The molecule has 1 fully saturated rings. The molecule has 0 saturated carbocycles. The molecule has 1 atom stereocenters. The van der Waals surface area contributed by atoms with Crippen molar-refractivity contribution in [1.29, 1.82) is 0 Å². The summed E-state index contributed by atoms with van der Waals surface area (Å²) in [6, 6.07) is 21.2. The summed E-state index contributed by atoms with van der Waals surface area (Å²) in [5, 5.41) is 0. The largest absolute Gasteiger partial charge is 0.362 e. The van der Waals surface area contributed by atoms with Gasteiger partial charge in [0.15, 0.2) is 0 Å². The van der Waals surface area contributed by atoms with Crippen LogP contribution in [0.4, 0.5) is 0 Å². The van der Waals surface area contributed by atoms with Gasteiger partial charge in [-0.15, -0.1) is 11.8 Å². The van der Waals surface area contributed by atoms with Crippen molar-refractivity contribution in [2.24, 2.45) is 0 Å². The molecule has 0 radical (unpaired) electrons. The molecule has 0 bridgehead atoms. The van der Waals surface area contributed by atoms with Crippen molar-refractivity contribution in [3.05, 3.63) is 66.2 Å². The SMILES string of the molecule is CC1(C)OC1(CSc1ccccc1)Cc1ccccc1. The fourth-order valence-corrected chi connectivity index (χ4v) is 3.87. The highest BCUT2D eigenvalue weighted by molar-refractivity contribution is 7.99. The van der Waals surface area contributed by atoms with Gasteiger partial charge in [0.2, 0.25) is 0 Å². The van der Waals surface area contributed by atoms with Crippen LogP contribution < -0.4 is 0 Å². The number of hydrogen-bond acceptors (Lipinski definition) is 2. The number of benzene rings is 2. The van der Waals surface area contributed by atoms with Crippen LogP contribution >= 0.6 is 11.8 Å². The second-order valence-electron chi connectivity index (χ2n) is 5.87. The minimum atomic E-state index is -0.0329. The normalized spacial score (nSPS) is 23.5. The molecule has 1 aliphatic heterocycles. The fourth-order valence-electron chi connectivity index (χ4n) is 2.61. The fraction of sp³-hybridized carbons (Fsp3) is 0.333. The third-order valence-corrected chi connectivity index (χ3v) is 5.27. The summed E-state index contributed by atoms with van der Waals surface area (Å²) in [4.78, 5) is 1.31. The van der Waals surface area contributed by atoms with Crippen LogP contribution in [-0.4, -0.2) is 17.0 Å². The first-order valence-electron chi connectivity index (χ1n) is 7.03. The molecule has 0 aromatic heterocycles. The quantitative estimate of drug-likeness (QED) is 0.589. The maximum Gasteiger partial charge on any atom is 0.111 e. The molecule has 1 nitrogen and oxygen atoms in total. The van der Waals surface area contributed by atoms with E-state index in [1.807, 2.05) is 11.8 Å². The molecule has 20 heavy (non-hydrogen) atoms. The Morgan fingerprint density at radius 1 is 0.900 bits per heavy atom. The molecule has 1 unspecified atom stereocenters. The Labute approximate surface area is 125 Å². The molecule has 3 rings (SSSR count). The molecule has 1 saturated heterocycles. The lowest BCUT2D eigenvalue weighted by molar-refractivity contribution is 0.287. The maximum absolute atomic E-state index is 6.10. The highest BCUT2D eigenvalue weighted by Crippen LogP contribution is 2.52. The van der Waals surface area contributed by atoms with E-state index in [-0.39, 0.29) is 11.2 Å². The number of hydrogen-bond donors (Lipinski definition) is 0. The number of ether oxygens (including phenoxy) is 1. The molecule has 0 aliphatic carbocycles. The van der Waals surface area contributed by atoms with Gasteiger partial charge < -0.3 is 4.74 Å². The zero-order chi connectivity index (χ0) is 14.1. The van der Waals surface area contributed by atoms with Gasteiger partial charge in [-0.2, -0.15) is 0 Å². The molecule has 0 amide bonds. The van der Waals surface area contributed by atoms with E-state index in [0.717, 1.165) is 12.2 Å². The monoisotopic (exact) mass is 284 g/mol. The first-order valence-corrected chi connectivity index (χ1v) is 8.02. The van der Waals surface area contributed by atoms with Crippen molar-refractivity contribution in [2.75, 3.05) is 5.75 Å². The zero-order valence-corrected chi connectivity index (χ0v) is 12.8. The third-order valence-electron chi connectivity index (χ3n) is 4.05. The van der Waals surface area contributed by atoms with Crippen LogP contribution in [0.15, 0.2) is 65.6 Å². The second kappa shape index (κ2) is 5.27. The zero-order valence-electron chi connectivity index (χ0n) is 12.0. The van der Waals surface area contributed by atoms with Gasteiger partial charge in [0.1, 0.15) is 5.60 Å². The van der Waals surface area contributed by atoms with E-state index in [1.165, 1.54) is 10.5 Å². The Balaban J connectivity index is 1.70. The van der Waals surface area contributed by atoms with E-state index in [2.05, 4.69) is 74.5 Å². The topological polar surface area (TPSA) is 12.5 Å². The van der Waals surface area contributed by atoms with Gasteiger partial charge in [0.05, 0.1) is 5.60 Å². The summed E-state index contributed by atoms with van der Waals surface area (Å²) in [5.41, 5.74) is 1.30. The number of rotatable bonds is 5. The summed E-state index contributed by atoms with van der Waals surface area (Å²) < 4.78 is 6.10. The first kappa shape index (κ1) is 13.7. The molecule has 2 aromatic rings. The van der Waals surface area contributed by atoms with E-state index in [0.29, 0.717) is 0 Å². The molecule has 104 valence electrons. The van der Waals surface area contributed by atoms with E-state index >= 15 is 0 Å². The van der Waals surface area contributed by atoms with Gasteiger partial charge in [-0.3, -0.25) is 0 Å². The third kappa shape index (κ3) is 2.77. The summed E-state index contributed by atoms with van der Waals surface area (Å²) >= 11 is 1.89. The standard InChI is InChI=1S/C18H20OS/c1-17(2)18(19-17,13-15-9-5-3-6-10-15)14-20-16-11-7-4-8-12-16/h3-12H,13-14H2,1-2H3. The van der Waals surface area contributed by atoms with Crippen LogP contribution in [0.1, 0.15) is 19.4 Å². The van der Waals surface area contributed by atoms with Gasteiger partial charge >= 0.3 is 0 Å². The summed E-state index contributed by atoms with van der Waals surface area (Å²) in [6.07, 6.45) is 0.987. The second-order valence-corrected chi connectivity index (χ2v) is 6.92. The first-order chi connectivity index (χ1) is 9.61. The highest BCUT2D eigenvalue weighted by Gasteiger charge is 2.62. The van der Waals surface area contributed by atoms with Crippen molar-refractivity contribution in [3.63, 3.8) is 0 Å². The average Bonchev–Trinajstić information content (AvgIpc) is 3.00. The van der Waals surface area contributed by atoms with Crippen molar-refractivity contribution < 1.29 is 4.74 Å². The lowest BCUT2D eigenvalue weighted by Crippen LogP contribution is -2.26. The lowest BCUT2D eigenvalue weighted by Gasteiger charge is -2.15. The molecule has 2 heteroatoms. The van der Waals surface area contributed by atoms with E-state index in [9.17, 15) is 0 Å². The van der Waals surface area contributed by atoms with E-state index < -0.39 is 0 Å². The lowest BCUT2D eigenvalue weighted by atomic mass is 9.91. The Kier molecular flexibility index (Phi) is 3.61.